The Morgan fingerprint density at radius 1 is 0.952 bits per heavy atom. The topological polar surface area (TPSA) is 24.9 Å². The molecule has 0 bridgehead atoms. The predicted molar refractivity (Wildman–Crippen MR) is 103 cm³/mol. The number of hydrogen-bond donors (Lipinski definition) is 1. The van der Waals surface area contributed by atoms with Crippen molar-refractivity contribution in [3.63, 3.8) is 0 Å². The molecule has 0 aliphatic rings. The minimum atomic E-state index is 0. The molecule has 0 amide bonds. The Morgan fingerprint density at radius 2 is 1.57 bits per heavy atom. The molecule has 0 saturated heterocycles. The van der Waals surface area contributed by atoms with Gasteiger partial charge in [0.05, 0.1) is 0 Å². The summed E-state index contributed by atoms with van der Waals surface area (Å²) in [5.41, 5.74) is 1.04. The van der Waals surface area contributed by atoms with Gasteiger partial charge in [-0.2, -0.15) is 0 Å². The fraction of sp³-hybridized carbons (Fsp3) is 0. The highest BCUT2D eigenvalue weighted by molar-refractivity contribution is 14.0. The van der Waals surface area contributed by atoms with Crippen LogP contribution in [0.4, 0.5) is 10.8 Å². The summed E-state index contributed by atoms with van der Waals surface area (Å²) in [7, 11) is 0. The van der Waals surface area contributed by atoms with Crippen molar-refractivity contribution in [2.45, 2.75) is 9.79 Å². The molecule has 3 aromatic rings. The van der Waals surface area contributed by atoms with E-state index in [9.17, 15) is 0 Å². The molecular formula is C15H12ClIN2S2. The van der Waals surface area contributed by atoms with E-state index in [1.165, 1.54) is 9.79 Å². The predicted octanol–water partition coefficient (Wildman–Crippen LogP) is 6.31. The van der Waals surface area contributed by atoms with Crippen LogP contribution in [0, 0.1) is 0 Å². The molecule has 0 unspecified atom stereocenters. The Balaban J connectivity index is 0.00000161. The monoisotopic (exact) mass is 446 g/mol. The van der Waals surface area contributed by atoms with Gasteiger partial charge in [0.15, 0.2) is 5.13 Å². The number of nitrogens with one attached hydrogen (secondary N) is 1. The molecule has 0 fully saturated rings. The molecular weight excluding hydrogens is 435 g/mol. The SMILES string of the molecule is Clc1ccc(Sc2ccc(Nc3nccs3)cc2)cc1.I. The summed E-state index contributed by atoms with van der Waals surface area (Å²) in [5, 5.41) is 6.88. The van der Waals surface area contributed by atoms with Gasteiger partial charge in [0.1, 0.15) is 0 Å². The van der Waals surface area contributed by atoms with Crippen LogP contribution in [0.2, 0.25) is 5.02 Å². The van der Waals surface area contributed by atoms with Crippen LogP contribution in [0.1, 0.15) is 0 Å². The molecule has 1 N–H and O–H groups in total. The minimum Gasteiger partial charge on any atom is -0.332 e. The van der Waals surface area contributed by atoms with Crippen molar-refractivity contribution in [1.29, 1.82) is 0 Å². The van der Waals surface area contributed by atoms with E-state index < -0.39 is 0 Å². The van der Waals surface area contributed by atoms with Gasteiger partial charge in [-0.05, 0) is 48.5 Å². The zero-order valence-electron chi connectivity index (χ0n) is 10.8. The first-order valence-electron chi connectivity index (χ1n) is 5.99. The number of hydrogen-bond acceptors (Lipinski definition) is 4. The fourth-order valence-corrected chi connectivity index (χ4v) is 3.15. The molecule has 0 saturated carbocycles. The Kier molecular flexibility index (Phi) is 6.35. The molecule has 3 rings (SSSR count). The fourth-order valence-electron chi connectivity index (χ4n) is 1.65. The van der Waals surface area contributed by atoms with E-state index in [0.717, 1.165) is 15.8 Å². The van der Waals surface area contributed by atoms with Gasteiger partial charge in [0, 0.05) is 32.1 Å². The standard InChI is InChI=1S/C15H11ClN2S2.HI/c16-11-1-5-13(6-2-11)20-14-7-3-12(4-8-14)18-15-17-9-10-19-15;/h1-10H,(H,17,18);1H. The molecule has 2 nitrogen and oxygen atoms in total. The highest BCUT2D eigenvalue weighted by Crippen LogP contribution is 2.30. The number of benzene rings is 2. The number of halogens is 2. The van der Waals surface area contributed by atoms with E-state index in [2.05, 4.69) is 34.6 Å². The minimum absolute atomic E-state index is 0. The lowest BCUT2D eigenvalue weighted by Crippen LogP contribution is -1.88. The van der Waals surface area contributed by atoms with Gasteiger partial charge < -0.3 is 5.32 Å². The third-order valence-electron chi connectivity index (χ3n) is 2.59. The largest absolute Gasteiger partial charge is 0.332 e. The Bertz CT molecular complexity index is 670. The van der Waals surface area contributed by atoms with E-state index in [4.69, 9.17) is 11.6 Å². The van der Waals surface area contributed by atoms with E-state index >= 15 is 0 Å². The Morgan fingerprint density at radius 3 is 2.14 bits per heavy atom. The molecule has 0 atom stereocenters. The van der Waals surface area contributed by atoms with Crippen molar-refractivity contribution in [1.82, 2.24) is 4.98 Å². The van der Waals surface area contributed by atoms with Crippen LogP contribution in [0.25, 0.3) is 0 Å². The molecule has 1 aromatic heterocycles. The maximum atomic E-state index is 5.88. The zero-order chi connectivity index (χ0) is 13.8. The summed E-state index contributed by atoms with van der Waals surface area (Å²) in [6.07, 6.45) is 1.79. The molecule has 6 heteroatoms. The van der Waals surface area contributed by atoms with E-state index in [1.54, 1.807) is 29.3 Å². The summed E-state index contributed by atoms with van der Waals surface area (Å²) in [6, 6.07) is 16.2. The van der Waals surface area contributed by atoms with Crippen molar-refractivity contribution in [2.75, 3.05) is 5.32 Å². The molecule has 0 aliphatic heterocycles. The number of rotatable bonds is 4. The summed E-state index contributed by atoms with van der Waals surface area (Å²) >= 11 is 9.18. The molecule has 0 radical (unpaired) electrons. The molecule has 0 aliphatic carbocycles. The molecule has 2 aromatic carbocycles. The van der Waals surface area contributed by atoms with Gasteiger partial charge in [-0.3, -0.25) is 0 Å². The first-order chi connectivity index (χ1) is 9.79. The summed E-state index contributed by atoms with van der Waals surface area (Å²) < 4.78 is 0. The van der Waals surface area contributed by atoms with Crippen molar-refractivity contribution < 1.29 is 0 Å². The first-order valence-corrected chi connectivity index (χ1v) is 8.07. The van der Waals surface area contributed by atoms with Crippen LogP contribution >= 0.6 is 58.7 Å². The molecule has 21 heavy (non-hydrogen) atoms. The van der Waals surface area contributed by atoms with Crippen LogP contribution in [0.5, 0.6) is 0 Å². The highest BCUT2D eigenvalue weighted by Gasteiger charge is 2.00. The van der Waals surface area contributed by atoms with E-state index in [-0.39, 0.29) is 24.0 Å². The summed E-state index contributed by atoms with van der Waals surface area (Å²) in [5.74, 6) is 0. The lowest BCUT2D eigenvalue weighted by Gasteiger charge is -2.05. The third kappa shape index (κ3) is 4.88. The third-order valence-corrected chi connectivity index (χ3v) is 4.54. The van der Waals surface area contributed by atoms with Gasteiger partial charge in [0.25, 0.3) is 0 Å². The average molecular weight is 447 g/mol. The molecule has 0 spiro atoms. The van der Waals surface area contributed by atoms with E-state index in [1.807, 2.05) is 29.6 Å². The number of aromatic nitrogens is 1. The first kappa shape index (κ1) is 16.6. The summed E-state index contributed by atoms with van der Waals surface area (Å²) in [6.45, 7) is 0. The zero-order valence-corrected chi connectivity index (χ0v) is 15.5. The number of thiazole rings is 1. The lowest BCUT2D eigenvalue weighted by atomic mass is 10.3. The Labute approximate surface area is 154 Å². The highest BCUT2D eigenvalue weighted by atomic mass is 127. The van der Waals surface area contributed by atoms with Gasteiger partial charge >= 0.3 is 0 Å². The average Bonchev–Trinajstić information content (AvgIpc) is 2.96. The van der Waals surface area contributed by atoms with E-state index in [0.29, 0.717) is 0 Å². The quantitative estimate of drug-likeness (QED) is 0.475. The Hall–Kier alpha value is -0.760. The van der Waals surface area contributed by atoms with Crippen molar-refractivity contribution in [3.8, 4) is 0 Å². The maximum Gasteiger partial charge on any atom is 0.187 e. The second-order valence-electron chi connectivity index (χ2n) is 4.04. The van der Waals surface area contributed by atoms with Gasteiger partial charge in [-0.1, -0.05) is 23.4 Å². The van der Waals surface area contributed by atoms with Crippen LogP contribution in [0.3, 0.4) is 0 Å². The van der Waals surface area contributed by atoms with Crippen LogP contribution in [-0.2, 0) is 0 Å². The summed E-state index contributed by atoms with van der Waals surface area (Å²) in [4.78, 5) is 6.57. The van der Waals surface area contributed by atoms with Crippen molar-refractivity contribution >= 4 is 69.5 Å². The second-order valence-corrected chi connectivity index (χ2v) is 6.52. The van der Waals surface area contributed by atoms with Gasteiger partial charge in [0.2, 0.25) is 0 Å². The van der Waals surface area contributed by atoms with Crippen LogP contribution in [-0.4, -0.2) is 4.98 Å². The van der Waals surface area contributed by atoms with Crippen molar-refractivity contribution in [3.05, 3.63) is 65.1 Å². The smallest absolute Gasteiger partial charge is 0.187 e. The lowest BCUT2D eigenvalue weighted by molar-refractivity contribution is 1.37. The normalized spacial score (nSPS) is 9.95. The van der Waals surface area contributed by atoms with Gasteiger partial charge in [-0.15, -0.1) is 35.3 Å². The van der Waals surface area contributed by atoms with Crippen LogP contribution in [0.15, 0.2) is 69.9 Å². The number of nitrogens with zero attached hydrogens (tertiary/aromatic N) is 1. The van der Waals surface area contributed by atoms with Crippen molar-refractivity contribution in [2.24, 2.45) is 0 Å². The number of anilines is 2. The van der Waals surface area contributed by atoms with Gasteiger partial charge in [-0.25, -0.2) is 4.98 Å². The maximum absolute atomic E-state index is 5.88. The molecule has 1 heterocycles. The second kappa shape index (κ2) is 8.03. The molecule has 108 valence electrons. The van der Waals surface area contributed by atoms with Crippen LogP contribution < -0.4 is 5.32 Å².